The third kappa shape index (κ3) is 6.75. The van der Waals surface area contributed by atoms with E-state index in [-0.39, 0.29) is 62.7 Å². The van der Waals surface area contributed by atoms with Crippen LogP contribution in [0.2, 0.25) is 0 Å². The molecule has 2 atom stereocenters. The summed E-state index contributed by atoms with van der Waals surface area (Å²) in [4.78, 5) is 22.8. The first-order valence-electron chi connectivity index (χ1n) is 5.24. The summed E-state index contributed by atoms with van der Waals surface area (Å²) >= 11 is 0. The molecule has 0 rings (SSSR count). The van der Waals surface area contributed by atoms with Crippen molar-refractivity contribution in [2.24, 2.45) is 17.8 Å². The second-order valence-electron chi connectivity index (χ2n) is 3.93. The van der Waals surface area contributed by atoms with Crippen molar-refractivity contribution >= 4 is 11.8 Å². The molecule has 0 N–H and O–H groups in total. The minimum atomic E-state index is -0.464. The van der Waals surface area contributed by atoms with Gasteiger partial charge in [0, 0.05) is 32.7 Å². The Morgan fingerprint density at radius 2 is 1.62 bits per heavy atom. The Kier molecular flexibility index (Phi) is 10.8. The monoisotopic (exact) mass is 301 g/mol. The van der Waals surface area contributed by atoms with Gasteiger partial charge in [-0.15, -0.1) is 0 Å². The Balaban J connectivity index is 0. The molecule has 0 fully saturated rings. The van der Waals surface area contributed by atoms with Crippen molar-refractivity contribution in [1.29, 1.82) is 0 Å². The summed E-state index contributed by atoms with van der Waals surface area (Å²) in [6.07, 6.45) is -0.168. The quantitative estimate of drug-likeness (QED) is 0.428. The Hall–Kier alpha value is 0.244. The van der Waals surface area contributed by atoms with Crippen LogP contribution < -0.4 is 0 Å². The fraction of sp³-hybridized carbons (Fsp3) is 0.667. The molecule has 91 valence electrons. The summed E-state index contributed by atoms with van der Waals surface area (Å²) in [6.45, 7) is 13.4. The fourth-order valence-corrected chi connectivity index (χ4v) is 1.67. The third-order valence-corrected chi connectivity index (χ3v) is 2.22. The van der Waals surface area contributed by atoms with Crippen LogP contribution in [0.1, 0.15) is 27.2 Å². The molecule has 0 heterocycles. The van der Waals surface area contributed by atoms with E-state index in [1.54, 1.807) is 6.92 Å². The van der Waals surface area contributed by atoms with Crippen LogP contribution in [0.3, 0.4) is 0 Å². The minimum Gasteiger partial charge on any atom is -0.466 e. The number of ketones is 1. The summed E-state index contributed by atoms with van der Waals surface area (Å²) in [5.41, 5.74) is 0. The summed E-state index contributed by atoms with van der Waals surface area (Å²) in [5.74, 6) is -0.944. The molecular formula is C12H20O3Y-2. The van der Waals surface area contributed by atoms with Gasteiger partial charge < -0.3 is 18.6 Å². The number of carbonyl (C=O) groups is 2. The molecule has 3 nitrogen and oxygen atoms in total. The number of esters is 1. The van der Waals surface area contributed by atoms with Crippen LogP contribution in [0, 0.1) is 31.6 Å². The van der Waals surface area contributed by atoms with E-state index in [1.165, 1.54) is 0 Å². The predicted molar refractivity (Wildman–Crippen MR) is 58.8 cm³/mol. The third-order valence-electron chi connectivity index (χ3n) is 2.22. The van der Waals surface area contributed by atoms with Crippen molar-refractivity contribution in [3.8, 4) is 0 Å². The van der Waals surface area contributed by atoms with E-state index in [0.717, 1.165) is 0 Å². The van der Waals surface area contributed by atoms with Gasteiger partial charge in [-0.3, -0.25) is 9.59 Å². The van der Waals surface area contributed by atoms with Gasteiger partial charge in [-0.25, -0.2) is 0 Å². The molecule has 0 saturated carbocycles. The maximum atomic E-state index is 11.7. The maximum absolute atomic E-state index is 11.7. The molecule has 16 heavy (non-hydrogen) atoms. The largest absolute Gasteiger partial charge is 0.466 e. The average molecular weight is 301 g/mol. The Bertz CT molecular complexity index is 216. The van der Waals surface area contributed by atoms with E-state index >= 15 is 0 Å². The van der Waals surface area contributed by atoms with Gasteiger partial charge in [-0.1, -0.05) is 13.8 Å². The van der Waals surface area contributed by atoms with Gasteiger partial charge in [-0.05, 0) is 12.8 Å². The first-order chi connectivity index (χ1) is 6.90. The molecule has 0 saturated heterocycles. The fourth-order valence-electron chi connectivity index (χ4n) is 1.67. The van der Waals surface area contributed by atoms with E-state index in [4.69, 9.17) is 4.74 Å². The molecule has 0 spiro atoms. The van der Waals surface area contributed by atoms with Crippen molar-refractivity contribution in [3.63, 3.8) is 0 Å². The van der Waals surface area contributed by atoms with Gasteiger partial charge in [0.25, 0.3) is 0 Å². The molecule has 0 bridgehead atoms. The van der Waals surface area contributed by atoms with Crippen molar-refractivity contribution < 1.29 is 47.0 Å². The van der Waals surface area contributed by atoms with Crippen LogP contribution >= 0.6 is 0 Å². The summed E-state index contributed by atoms with van der Waals surface area (Å²) < 4.78 is 4.72. The Morgan fingerprint density at radius 3 is 1.94 bits per heavy atom. The molecule has 0 aromatic heterocycles. The number of hydrogen-bond donors (Lipinski definition) is 0. The SMILES string of the molecule is [CH2-]C(C)C(C(=O)CC(=O)OCC)C([CH2-])C.[Y]. The average Bonchev–Trinajstić information content (AvgIpc) is 2.01. The van der Waals surface area contributed by atoms with Crippen LogP contribution in [0.5, 0.6) is 0 Å². The van der Waals surface area contributed by atoms with Crippen LogP contribution in [-0.4, -0.2) is 18.4 Å². The van der Waals surface area contributed by atoms with Gasteiger partial charge in [0.2, 0.25) is 0 Å². The van der Waals surface area contributed by atoms with Crippen molar-refractivity contribution in [2.45, 2.75) is 27.2 Å². The minimum absolute atomic E-state index is 0. The molecule has 4 heteroatoms. The molecule has 0 aliphatic heterocycles. The van der Waals surface area contributed by atoms with Gasteiger partial charge >= 0.3 is 5.97 Å². The zero-order valence-corrected chi connectivity index (χ0v) is 13.2. The molecule has 0 aromatic rings. The number of hydrogen-bond acceptors (Lipinski definition) is 3. The zero-order valence-electron chi connectivity index (χ0n) is 10.4. The maximum Gasteiger partial charge on any atom is 0.313 e. The molecule has 1 radical (unpaired) electrons. The second kappa shape index (κ2) is 9.29. The molecule has 2 unspecified atom stereocenters. The zero-order chi connectivity index (χ0) is 12.0. The first-order valence-corrected chi connectivity index (χ1v) is 5.24. The molecule has 0 aromatic carbocycles. The number of Topliss-reactive ketones (excluding diaryl/α,β-unsaturated/α-hetero) is 1. The summed E-state index contributed by atoms with van der Waals surface area (Å²) in [7, 11) is 0. The molecule has 0 amide bonds. The van der Waals surface area contributed by atoms with Crippen LogP contribution in [0.25, 0.3) is 0 Å². The first kappa shape index (κ1) is 18.6. The van der Waals surface area contributed by atoms with E-state index in [1.807, 2.05) is 13.8 Å². The number of ether oxygens (including phenoxy) is 1. The number of rotatable bonds is 6. The normalized spacial score (nSPS) is 15.6. The summed E-state index contributed by atoms with van der Waals surface area (Å²) in [5, 5.41) is 0. The van der Waals surface area contributed by atoms with Crippen LogP contribution in [0.15, 0.2) is 0 Å². The Labute approximate surface area is 124 Å². The van der Waals surface area contributed by atoms with Gasteiger partial charge in [0.1, 0.15) is 12.2 Å². The van der Waals surface area contributed by atoms with Crippen molar-refractivity contribution in [2.75, 3.05) is 6.61 Å². The smallest absolute Gasteiger partial charge is 0.313 e. The summed E-state index contributed by atoms with van der Waals surface area (Å²) in [6, 6.07) is 0. The van der Waals surface area contributed by atoms with Crippen LogP contribution in [0.4, 0.5) is 0 Å². The van der Waals surface area contributed by atoms with E-state index < -0.39 is 5.97 Å². The molecule has 0 aliphatic rings. The van der Waals surface area contributed by atoms with E-state index in [2.05, 4.69) is 13.8 Å². The standard InChI is InChI=1S/C12H20O3.Y/c1-6-15-11(14)7-10(13)12(8(2)3)9(4)5;/h8-9,12H,2,4,6-7H2,1,3,5H3;/q-2;. The molecule has 0 aliphatic carbocycles. The van der Waals surface area contributed by atoms with Crippen molar-refractivity contribution in [1.82, 2.24) is 0 Å². The predicted octanol–water partition coefficient (Wildman–Crippen LogP) is 2.06. The topological polar surface area (TPSA) is 43.4 Å². The van der Waals surface area contributed by atoms with E-state index in [9.17, 15) is 9.59 Å². The second-order valence-corrected chi connectivity index (χ2v) is 3.93. The van der Waals surface area contributed by atoms with E-state index in [0.29, 0.717) is 6.61 Å². The van der Waals surface area contributed by atoms with Crippen LogP contribution in [-0.2, 0) is 47.0 Å². The molecular weight excluding hydrogens is 281 g/mol. The van der Waals surface area contributed by atoms with Gasteiger partial charge in [0.15, 0.2) is 0 Å². The van der Waals surface area contributed by atoms with Gasteiger partial charge in [-0.2, -0.15) is 11.8 Å². The Morgan fingerprint density at radius 1 is 1.19 bits per heavy atom. The van der Waals surface area contributed by atoms with Crippen molar-refractivity contribution in [3.05, 3.63) is 13.8 Å². The van der Waals surface area contributed by atoms with Gasteiger partial charge in [0.05, 0.1) is 6.61 Å². The number of carbonyl (C=O) groups excluding carboxylic acids is 2.